The summed E-state index contributed by atoms with van der Waals surface area (Å²) in [6, 6.07) is 14.0. The Morgan fingerprint density at radius 3 is 2.42 bits per heavy atom. The molecule has 0 spiro atoms. The van der Waals surface area contributed by atoms with Crippen molar-refractivity contribution in [3.8, 4) is 0 Å². The van der Waals surface area contributed by atoms with Gasteiger partial charge in [-0.15, -0.1) is 0 Å². The molecule has 0 radical (unpaired) electrons. The van der Waals surface area contributed by atoms with Gasteiger partial charge in [0.2, 0.25) is 5.91 Å². The number of Topliss-reactive ketones (excluding diaryl/α,β-unsaturated/α-hetero) is 1. The van der Waals surface area contributed by atoms with Crippen molar-refractivity contribution in [2.75, 3.05) is 5.32 Å². The number of benzene rings is 2. The van der Waals surface area contributed by atoms with Crippen LogP contribution >= 0.6 is 0 Å². The maximum atomic E-state index is 12.6. The van der Waals surface area contributed by atoms with Gasteiger partial charge in [0.05, 0.1) is 11.1 Å². The molecule has 3 aromatic rings. The van der Waals surface area contributed by atoms with Crippen LogP contribution in [-0.4, -0.2) is 22.2 Å². The second kappa shape index (κ2) is 6.12. The van der Waals surface area contributed by atoms with Gasteiger partial charge in [0.1, 0.15) is 0 Å². The maximum absolute atomic E-state index is 12.6. The average molecular weight is 320 g/mol. The van der Waals surface area contributed by atoms with Crippen molar-refractivity contribution in [3.63, 3.8) is 0 Å². The largest absolute Gasteiger partial charge is 0.322 e. The molecular formula is C19H16N2O3. The Labute approximate surface area is 138 Å². The molecule has 0 saturated carbocycles. The van der Waals surface area contributed by atoms with Crippen molar-refractivity contribution >= 4 is 34.2 Å². The van der Waals surface area contributed by atoms with Crippen molar-refractivity contribution < 1.29 is 14.4 Å². The summed E-state index contributed by atoms with van der Waals surface area (Å²) in [4.78, 5) is 35.8. The molecule has 0 atom stereocenters. The standard InChI is InChI=1S/C19H16N2O3/c1-12(22)14-6-5-7-15(10-14)20-19(24)17-11-21(13(2)23)18-9-4-3-8-16(17)18/h3-11H,1-2H3,(H,20,24). The van der Waals surface area contributed by atoms with Gasteiger partial charge in [0, 0.05) is 29.8 Å². The van der Waals surface area contributed by atoms with Gasteiger partial charge in [-0.2, -0.15) is 0 Å². The highest BCUT2D eigenvalue weighted by molar-refractivity contribution is 6.14. The molecule has 3 rings (SSSR count). The van der Waals surface area contributed by atoms with Crippen LogP contribution in [0.5, 0.6) is 0 Å². The molecule has 1 aromatic heterocycles. The second-order valence-corrected chi connectivity index (χ2v) is 5.54. The van der Waals surface area contributed by atoms with E-state index in [9.17, 15) is 14.4 Å². The zero-order chi connectivity index (χ0) is 17.3. The molecule has 0 aliphatic heterocycles. The lowest BCUT2D eigenvalue weighted by molar-refractivity contribution is 0.0940. The van der Waals surface area contributed by atoms with E-state index >= 15 is 0 Å². The molecule has 120 valence electrons. The Hall–Kier alpha value is -3.21. The average Bonchev–Trinajstić information content (AvgIpc) is 2.95. The minimum absolute atomic E-state index is 0.0701. The van der Waals surface area contributed by atoms with Gasteiger partial charge in [0.15, 0.2) is 5.78 Å². The van der Waals surface area contributed by atoms with Gasteiger partial charge >= 0.3 is 0 Å². The zero-order valence-corrected chi connectivity index (χ0v) is 13.4. The zero-order valence-electron chi connectivity index (χ0n) is 13.4. The molecule has 1 N–H and O–H groups in total. The van der Waals surface area contributed by atoms with Crippen LogP contribution in [0.1, 0.15) is 39.4 Å². The van der Waals surface area contributed by atoms with Crippen LogP contribution in [0.3, 0.4) is 0 Å². The normalized spacial score (nSPS) is 10.6. The van der Waals surface area contributed by atoms with E-state index in [0.717, 1.165) is 0 Å². The first-order valence-electron chi connectivity index (χ1n) is 7.51. The van der Waals surface area contributed by atoms with Crippen LogP contribution in [-0.2, 0) is 0 Å². The molecule has 1 amide bonds. The van der Waals surface area contributed by atoms with Crippen molar-refractivity contribution in [1.82, 2.24) is 4.57 Å². The van der Waals surface area contributed by atoms with Crippen molar-refractivity contribution in [2.24, 2.45) is 0 Å². The molecule has 2 aromatic carbocycles. The fraction of sp³-hybridized carbons (Fsp3) is 0.105. The van der Waals surface area contributed by atoms with Crippen molar-refractivity contribution in [1.29, 1.82) is 0 Å². The van der Waals surface area contributed by atoms with Crippen LogP contribution in [0, 0.1) is 0 Å². The van der Waals surface area contributed by atoms with E-state index in [4.69, 9.17) is 0 Å². The Morgan fingerprint density at radius 2 is 1.71 bits per heavy atom. The number of aromatic nitrogens is 1. The Kier molecular flexibility index (Phi) is 4.00. The van der Waals surface area contributed by atoms with E-state index in [2.05, 4.69) is 5.32 Å². The van der Waals surface area contributed by atoms with E-state index in [1.807, 2.05) is 12.1 Å². The van der Waals surface area contributed by atoms with E-state index in [-0.39, 0.29) is 17.6 Å². The Bertz CT molecular complexity index is 970. The summed E-state index contributed by atoms with van der Waals surface area (Å²) in [6.45, 7) is 2.92. The molecule has 1 heterocycles. The third kappa shape index (κ3) is 2.84. The summed E-state index contributed by atoms with van der Waals surface area (Å²) in [7, 11) is 0. The van der Waals surface area contributed by atoms with Crippen LogP contribution in [0.4, 0.5) is 5.69 Å². The molecular weight excluding hydrogens is 304 g/mol. The molecule has 5 nitrogen and oxygen atoms in total. The van der Waals surface area contributed by atoms with E-state index in [1.165, 1.54) is 24.6 Å². The fourth-order valence-electron chi connectivity index (χ4n) is 2.64. The molecule has 0 unspecified atom stereocenters. The molecule has 0 saturated heterocycles. The van der Waals surface area contributed by atoms with Crippen LogP contribution in [0.15, 0.2) is 54.7 Å². The molecule has 24 heavy (non-hydrogen) atoms. The maximum Gasteiger partial charge on any atom is 0.257 e. The van der Waals surface area contributed by atoms with Gasteiger partial charge < -0.3 is 5.32 Å². The monoisotopic (exact) mass is 320 g/mol. The number of hydrogen-bond acceptors (Lipinski definition) is 3. The minimum atomic E-state index is -0.327. The first-order chi connectivity index (χ1) is 11.5. The first-order valence-corrected chi connectivity index (χ1v) is 7.51. The number of rotatable bonds is 3. The minimum Gasteiger partial charge on any atom is -0.322 e. The summed E-state index contributed by atoms with van der Waals surface area (Å²) in [6.07, 6.45) is 1.54. The highest BCUT2D eigenvalue weighted by Gasteiger charge is 2.16. The lowest BCUT2D eigenvalue weighted by Gasteiger charge is -2.05. The van der Waals surface area contributed by atoms with E-state index in [0.29, 0.717) is 27.7 Å². The number of para-hydroxylation sites is 1. The molecule has 5 heteroatoms. The van der Waals surface area contributed by atoms with Crippen LogP contribution < -0.4 is 5.32 Å². The first kappa shape index (κ1) is 15.7. The summed E-state index contributed by atoms with van der Waals surface area (Å²) in [5.74, 6) is -0.560. The highest BCUT2D eigenvalue weighted by Crippen LogP contribution is 2.22. The SMILES string of the molecule is CC(=O)c1cccc(NC(=O)c2cn(C(C)=O)c3ccccc23)c1. The number of fused-ring (bicyclic) bond motifs is 1. The van der Waals surface area contributed by atoms with Crippen LogP contribution in [0.25, 0.3) is 10.9 Å². The van der Waals surface area contributed by atoms with Crippen LogP contribution in [0.2, 0.25) is 0 Å². The van der Waals surface area contributed by atoms with Gasteiger partial charge in [-0.1, -0.05) is 30.3 Å². The number of nitrogens with one attached hydrogen (secondary N) is 1. The van der Waals surface area contributed by atoms with Gasteiger partial charge in [-0.25, -0.2) is 0 Å². The third-order valence-electron chi connectivity index (χ3n) is 3.82. The number of amides is 1. The number of carbonyl (C=O) groups excluding carboxylic acids is 3. The number of anilines is 1. The summed E-state index contributed by atoms with van der Waals surface area (Å²) >= 11 is 0. The molecule has 0 aliphatic rings. The summed E-state index contributed by atoms with van der Waals surface area (Å²) in [5.41, 5.74) is 2.16. The molecule has 0 aliphatic carbocycles. The Balaban J connectivity index is 1.99. The number of carbonyl (C=O) groups is 3. The summed E-state index contributed by atoms with van der Waals surface area (Å²) in [5, 5.41) is 3.48. The Morgan fingerprint density at radius 1 is 0.958 bits per heavy atom. The van der Waals surface area contributed by atoms with Gasteiger partial charge in [-0.3, -0.25) is 19.0 Å². The molecule has 0 bridgehead atoms. The quantitative estimate of drug-likeness (QED) is 0.747. The number of nitrogens with zero attached hydrogens (tertiary/aromatic N) is 1. The third-order valence-corrected chi connectivity index (χ3v) is 3.82. The smallest absolute Gasteiger partial charge is 0.257 e. The van der Waals surface area contributed by atoms with Crippen molar-refractivity contribution in [3.05, 3.63) is 65.9 Å². The number of hydrogen-bond donors (Lipinski definition) is 1. The fourth-order valence-corrected chi connectivity index (χ4v) is 2.64. The second-order valence-electron chi connectivity index (χ2n) is 5.54. The predicted octanol–water partition coefficient (Wildman–Crippen LogP) is 3.76. The topological polar surface area (TPSA) is 68.2 Å². The van der Waals surface area contributed by atoms with Gasteiger partial charge in [0.25, 0.3) is 5.91 Å². The van der Waals surface area contributed by atoms with Crippen molar-refractivity contribution in [2.45, 2.75) is 13.8 Å². The predicted molar refractivity (Wildman–Crippen MR) is 92.6 cm³/mol. The summed E-state index contributed by atoms with van der Waals surface area (Å²) < 4.78 is 1.45. The van der Waals surface area contributed by atoms with E-state index in [1.54, 1.807) is 36.4 Å². The lowest BCUT2D eigenvalue weighted by Crippen LogP contribution is -2.12. The highest BCUT2D eigenvalue weighted by atomic mass is 16.2. The molecule has 0 fully saturated rings. The van der Waals surface area contributed by atoms with E-state index < -0.39 is 0 Å². The lowest BCUT2D eigenvalue weighted by atomic mass is 10.1. The van der Waals surface area contributed by atoms with Gasteiger partial charge in [-0.05, 0) is 25.1 Å². The number of ketones is 1.